The van der Waals surface area contributed by atoms with Crippen molar-refractivity contribution in [3.63, 3.8) is 0 Å². The van der Waals surface area contributed by atoms with E-state index >= 15 is 0 Å². The summed E-state index contributed by atoms with van der Waals surface area (Å²) in [6.45, 7) is 1.74. The predicted octanol–water partition coefficient (Wildman–Crippen LogP) is -0.515. The van der Waals surface area contributed by atoms with Gasteiger partial charge in [-0.15, -0.1) is 0 Å². The van der Waals surface area contributed by atoms with Gasteiger partial charge in [-0.2, -0.15) is 0 Å². The molecule has 2 heterocycles. The largest absolute Gasteiger partial charge is 0.387 e. The minimum absolute atomic E-state index is 0.162. The molecule has 0 radical (unpaired) electrons. The first-order chi connectivity index (χ1) is 9.49. The van der Waals surface area contributed by atoms with Crippen molar-refractivity contribution in [1.29, 1.82) is 0 Å². The summed E-state index contributed by atoms with van der Waals surface area (Å²) in [7, 11) is 1.42. The Hall–Kier alpha value is -0.750. The zero-order valence-corrected chi connectivity index (χ0v) is 13.1. The number of methoxy groups -OCH3 is 1. The SMILES string of the molecule is COC1C(O)[C@@H](COI)O[C@H]1n1cc(C)c(=O)[nH]c1=O. The van der Waals surface area contributed by atoms with Gasteiger partial charge in [0.2, 0.25) is 0 Å². The van der Waals surface area contributed by atoms with Crippen molar-refractivity contribution >= 4 is 23.0 Å². The highest BCUT2D eigenvalue weighted by molar-refractivity contribution is 14.1. The lowest BCUT2D eigenvalue weighted by Crippen LogP contribution is -2.39. The fourth-order valence-electron chi connectivity index (χ4n) is 2.17. The smallest absolute Gasteiger partial charge is 0.330 e. The molecule has 1 saturated heterocycles. The molecule has 1 aromatic rings. The second-order valence-corrected chi connectivity index (χ2v) is 5.13. The number of aliphatic hydroxyl groups excluding tert-OH is 1. The number of rotatable bonds is 4. The fourth-order valence-corrected chi connectivity index (χ4v) is 2.53. The maximum absolute atomic E-state index is 11.9. The second-order valence-electron chi connectivity index (χ2n) is 4.51. The van der Waals surface area contributed by atoms with Crippen molar-refractivity contribution in [3.05, 3.63) is 32.6 Å². The van der Waals surface area contributed by atoms with Gasteiger partial charge < -0.3 is 17.6 Å². The molecule has 0 aliphatic carbocycles. The number of nitrogens with zero attached hydrogens (tertiary/aromatic N) is 1. The Bertz CT molecular complexity index is 585. The Labute approximate surface area is 128 Å². The van der Waals surface area contributed by atoms with Crippen LogP contribution in [0.25, 0.3) is 0 Å². The topological polar surface area (TPSA) is 103 Å². The van der Waals surface area contributed by atoms with Gasteiger partial charge in [-0.3, -0.25) is 14.3 Å². The van der Waals surface area contributed by atoms with Gasteiger partial charge in [0, 0.05) is 18.9 Å². The molecule has 0 spiro atoms. The molecule has 9 heteroatoms. The molecule has 2 rings (SSSR count). The Balaban J connectivity index is 2.39. The van der Waals surface area contributed by atoms with Crippen LogP contribution in [-0.2, 0) is 12.5 Å². The standard InChI is InChI=1S/C11H15IN2O6/c1-5-3-14(11(17)13-9(5)16)10-8(18-2)7(15)6(20-10)4-19-12/h3,6-8,10,15H,4H2,1-2H3,(H,13,16,17)/t6-,7?,8?,10-/m1/s1. The number of aryl methyl sites for hydroxylation is 1. The monoisotopic (exact) mass is 398 g/mol. The predicted molar refractivity (Wildman–Crippen MR) is 76.7 cm³/mol. The third-order valence-corrected chi connectivity index (χ3v) is 3.59. The van der Waals surface area contributed by atoms with Crippen LogP contribution in [0.2, 0.25) is 0 Å². The molecule has 0 saturated carbocycles. The van der Waals surface area contributed by atoms with Gasteiger partial charge in [-0.1, -0.05) is 0 Å². The molecule has 8 nitrogen and oxygen atoms in total. The van der Waals surface area contributed by atoms with E-state index in [1.165, 1.54) is 17.9 Å². The summed E-state index contributed by atoms with van der Waals surface area (Å²) < 4.78 is 17.0. The molecule has 0 bridgehead atoms. The summed E-state index contributed by atoms with van der Waals surface area (Å²) in [4.78, 5) is 25.4. The zero-order chi connectivity index (χ0) is 14.9. The quantitative estimate of drug-likeness (QED) is 0.663. The van der Waals surface area contributed by atoms with Crippen molar-refractivity contribution in [2.45, 2.75) is 31.5 Å². The van der Waals surface area contributed by atoms with E-state index in [1.807, 2.05) is 0 Å². The van der Waals surface area contributed by atoms with E-state index in [-0.39, 0.29) is 6.61 Å². The minimum atomic E-state index is -0.932. The lowest BCUT2D eigenvalue weighted by Gasteiger charge is -2.20. The summed E-state index contributed by atoms with van der Waals surface area (Å²) in [5.74, 6) is 0. The molecule has 1 aliphatic heterocycles. The molecular weight excluding hydrogens is 383 g/mol. The van der Waals surface area contributed by atoms with E-state index in [4.69, 9.17) is 12.5 Å². The van der Waals surface area contributed by atoms with Gasteiger partial charge in [0.05, 0.1) is 6.61 Å². The van der Waals surface area contributed by atoms with E-state index in [0.29, 0.717) is 5.56 Å². The first-order valence-corrected chi connectivity index (χ1v) is 6.79. The molecule has 20 heavy (non-hydrogen) atoms. The maximum Gasteiger partial charge on any atom is 0.330 e. The Morgan fingerprint density at radius 3 is 2.85 bits per heavy atom. The van der Waals surface area contributed by atoms with E-state index in [2.05, 4.69) is 4.98 Å². The van der Waals surface area contributed by atoms with Crippen LogP contribution in [0.4, 0.5) is 0 Å². The highest BCUT2D eigenvalue weighted by Crippen LogP contribution is 2.30. The van der Waals surface area contributed by atoms with Gasteiger partial charge in [0.1, 0.15) is 41.3 Å². The highest BCUT2D eigenvalue weighted by Gasteiger charge is 2.45. The zero-order valence-electron chi connectivity index (χ0n) is 10.9. The first-order valence-electron chi connectivity index (χ1n) is 5.91. The second kappa shape index (κ2) is 6.35. The molecule has 1 fully saturated rings. The average Bonchev–Trinajstić information content (AvgIpc) is 2.71. The number of nitrogens with one attached hydrogen (secondary N) is 1. The molecule has 2 N–H and O–H groups in total. The van der Waals surface area contributed by atoms with Gasteiger partial charge >= 0.3 is 5.69 Å². The van der Waals surface area contributed by atoms with Crippen LogP contribution >= 0.6 is 23.0 Å². The average molecular weight is 398 g/mol. The Morgan fingerprint density at radius 2 is 2.25 bits per heavy atom. The number of halogens is 1. The fraction of sp³-hybridized carbons (Fsp3) is 0.636. The number of H-pyrrole nitrogens is 1. The van der Waals surface area contributed by atoms with Crippen LogP contribution in [0, 0.1) is 6.92 Å². The van der Waals surface area contributed by atoms with E-state index in [9.17, 15) is 14.7 Å². The first kappa shape index (κ1) is 15.6. The molecule has 112 valence electrons. The lowest BCUT2D eigenvalue weighted by molar-refractivity contribution is -0.0581. The molecule has 1 aromatic heterocycles. The molecular formula is C11H15IN2O6. The normalized spacial score (nSPS) is 29.8. The highest BCUT2D eigenvalue weighted by atomic mass is 127. The third kappa shape index (κ3) is 2.81. The third-order valence-electron chi connectivity index (χ3n) is 3.23. The number of hydrogen-bond acceptors (Lipinski definition) is 6. The summed E-state index contributed by atoms with van der Waals surface area (Å²) >= 11 is 1.70. The van der Waals surface area contributed by atoms with Crippen LogP contribution in [0.1, 0.15) is 11.8 Å². The number of hydrogen-bond donors (Lipinski definition) is 2. The molecule has 4 atom stereocenters. The molecule has 2 unspecified atom stereocenters. The summed E-state index contributed by atoms with van der Waals surface area (Å²) in [6.07, 6.45) is -1.71. The van der Waals surface area contributed by atoms with Gasteiger partial charge in [-0.05, 0) is 6.92 Å². The van der Waals surface area contributed by atoms with Crippen molar-refractivity contribution in [3.8, 4) is 0 Å². The van der Waals surface area contributed by atoms with Crippen molar-refractivity contribution in [2.75, 3.05) is 13.7 Å². The van der Waals surface area contributed by atoms with Crippen LogP contribution in [0.15, 0.2) is 15.8 Å². The maximum atomic E-state index is 11.9. The van der Waals surface area contributed by atoms with Crippen molar-refractivity contribution in [2.24, 2.45) is 0 Å². The number of aliphatic hydroxyl groups is 1. The van der Waals surface area contributed by atoms with Crippen molar-refractivity contribution in [1.82, 2.24) is 9.55 Å². The number of aromatic amines is 1. The molecule has 0 amide bonds. The van der Waals surface area contributed by atoms with Gasteiger partial charge in [0.15, 0.2) is 6.23 Å². The number of aromatic nitrogens is 2. The van der Waals surface area contributed by atoms with Crippen LogP contribution in [0.3, 0.4) is 0 Å². The summed E-state index contributed by atoms with van der Waals surface area (Å²) in [5, 5.41) is 10.1. The molecule has 0 aromatic carbocycles. The Kier molecular flexibility index (Phi) is 4.96. The van der Waals surface area contributed by atoms with E-state index < -0.39 is 35.8 Å². The van der Waals surface area contributed by atoms with Crippen LogP contribution in [0.5, 0.6) is 0 Å². The summed E-state index contributed by atoms with van der Waals surface area (Å²) in [6, 6.07) is 0. The van der Waals surface area contributed by atoms with Gasteiger partial charge in [-0.25, -0.2) is 4.79 Å². The number of ether oxygens (including phenoxy) is 2. The van der Waals surface area contributed by atoms with Crippen LogP contribution in [-0.4, -0.2) is 46.7 Å². The van der Waals surface area contributed by atoms with Gasteiger partial charge in [0.25, 0.3) is 5.56 Å². The molecule has 1 aliphatic rings. The van der Waals surface area contributed by atoms with E-state index in [0.717, 1.165) is 0 Å². The summed E-state index contributed by atoms with van der Waals surface area (Å²) in [5.41, 5.74) is -0.701. The Morgan fingerprint density at radius 1 is 1.55 bits per heavy atom. The minimum Gasteiger partial charge on any atom is -0.387 e. The van der Waals surface area contributed by atoms with Crippen LogP contribution < -0.4 is 11.2 Å². The van der Waals surface area contributed by atoms with Crippen molar-refractivity contribution < 1.29 is 17.6 Å². The van der Waals surface area contributed by atoms with E-state index in [1.54, 1.807) is 29.9 Å². The lowest BCUT2D eigenvalue weighted by atomic mass is 10.1.